The van der Waals surface area contributed by atoms with Crippen LogP contribution in [0.3, 0.4) is 0 Å². The zero-order valence-corrected chi connectivity index (χ0v) is 16.6. The van der Waals surface area contributed by atoms with Gasteiger partial charge in [-0.2, -0.15) is 0 Å². The van der Waals surface area contributed by atoms with Gasteiger partial charge in [0.1, 0.15) is 0 Å². The van der Waals surface area contributed by atoms with E-state index < -0.39 is 15.6 Å². The first-order valence-electron chi connectivity index (χ1n) is 7.60. The van der Waals surface area contributed by atoms with Crippen molar-refractivity contribution in [2.75, 3.05) is 0 Å². The van der Waals surface area contributed by atoms with Crippen molar-refractivity contribution >= 4 is 31.9 Å². The first kappa shape index (κ1) is 19.6. The lowest BCUT2D eigenvalue weighted by Crippen LogP contribution is -2.40. The number of rotatable bonds is 5. The molecule has 134 valence electrons. The summed E-state index contributed by atoms with van der Waals surface area (Å²) >= 11 is 3.29. The summed E-state index contributed by atoms with van der Waals surface area (Å²) in [5, 5.41) is 2.74. The minimum absolute atomic E-state index is 0.0358. The van der Waals surface area contributed by atoms with Crippen LogP contribution in [-0.4, -0.2) is 24.8 Å². The molecule has 0 aliphatic carbocycles. The summed E-state index contributed by atoms with van der Waals surface area (Å²) in [6.45, 7) is 5.51. The summed E-state index contributed by atoms with van der Waals surface area (Å²) in [5.41, 5.74) is 0.339. The third kappa shape index (κ3) is 5.62. The normalized spacial score (nSPS) is 12.0. The van der Waals surface area contributed by atoms with Crippen LogP contribution in [0.5, 0.6) is 0 Å². The topological polar surface area (TPSA) is 88.2 Å². The predicted octanol–water partition coefficient (Wildman–Crippen LogP) is 2.85. The Bertz CT molecular complexity index is 862. The van der Waals surface area contributed by atoms with Crippen LogP contribution in [0.15, 0.2) is 52.0 Å². The molecule has 0 spiro atoms. The maximum atomic E-state index is 12.4. The highest BCUT2D eigenvalue weighted by atomic mass is 79.9. The van der Waals surface area contributed by atoms with Gasteiger partial charge in [0.2, 0.25) is 10.0 Å². The van der Waals surface area contributed by atoms with E-state index in [0.717, 1.165) is 0 Å². The summed E-state index contributed by atoms with van der Waals surface area (Å²) in [7, 11) is -3.72. The van der Waals surface area contributed by atoms with Crippen molar-refractivity contribution in [3.8, 4) is 0 Å². The number of halogens is 1. The van der Waals surface area contributed by atoms with Gasteiger partial charge in [0.25, 0.3) is 5.91 Å². The molecule has 6 nitrogen and oxygen atoms in total. The first-order chi connectivity index (χ1) is 11.6. The molecule has 1 amide bonds. The molecule has 0 atom stereocenters. The van der Waals surface area contributed by atoms with Gasteiger partial charge < -0.3 is 5.32 Å². The Kier molecular flexibility index (Phi) is 5.97. The lowest BCUT2D eigenvalue weighted by molar-refractivity contribution is 0.0949. The van der Waals surface area contributed by atoms with Crippen molar-refractivity contribution in [1.82, 2.24) is 15.0 Å². The van der Waals surface area contributed by atoms with E-state index in [-0.39, 0.29) is 22.9 Å². The largest absolute Gasteiger partial charge is 0.346 e. The van der Waals surface area contributed by atoms with Crippen LogP contribution in [0.4, 0.5) is 0 Å². The first-order valence-corrected chi connectivity index (χ1v) is 9.88. The molecule has 1 heterocycles. The van der Waals surface area contributed by atoms with E-state index in [4.69, 9.17) is 0 Å². The molecule has 0 fully saturated rings. The van der Waals surface area contributed by atoms with Gasteiger partial charge in [-0.1, -0.05) is 6.07 Å². The fourth-order valence-corrected chi connectivity index (χ4v) is 3.95. The second-order valence-electron chi connectivity index (χ2n) is 6.50. The maximum Gasteiger partial charge on any atom is 0.252 e. The Balaban J connectivity index is 2.22. The molecule has 8 heteroatoms. The van der Waals surface area contributed by atoms with Gasteiger partial charge in [0, 0.05) is 16.2 Å². The Hall–Kier alpha value is -1.77. The van der Waals surface area contributed by atoms with Crippen molar-refractivity contribution in [2.45, 2.75) is 37.8 Å². The zero-order chi connectivity index (χ0) is 18.7. The Labute approximate surface area is 156 Å². The molecule has 0 saturated carbocycles. The molecular weight excluding hydrogens is 406 g/mol. The second-order valence-corrected chi connectivity index (χ2v) is 9.04. The molecule has 0 aliphatic rings. The van der Waals surface area contributed by atoms with E-state index in [9.17, 15) is 13.2 Å². The molecule has 0 radical (unpaired) electrons. The van der Waals surface area contributed by atoms with Gasteiger partial charge in [-0.25, -0.2) is 13.1 Å². The molecule has 25 heavy (non-hydrogen) atoms. The number of pyridine rings is 1. The maximum absolute atomic E-state index is 12.4. The van der Waals surface area contributed by atoms with Crippen LogP contribution >= 0.6 is 15.9 Å². The Morgan fingerprint density at radius 1 is 1.20 bits per heavy atom. The van der Waals surface area contributed by atoms with Gasteiger partial charge in [-0.05, 0) is 67.0 Å². The highest BCUT2D eigenvalue weighted by Gasteiger charge is 2.23. The standard InChI is InChI=1S/C17H20BrN3O3S/c1-17(2,3)21-25(23,24)13-7-8-15(18)14(10-13)16(22)20-11-12-6-4-5-9-19-12/h4-10,21H,11H2,1-3H3,(H,20,22). The van der Waals surface area contributed by atoms with Gasteiger partial charge in [-0.3, -0.25) is 9.78 Å². The molecule has 1 aromatic heterocycles. The van der Waals surface area contributed by atoms with Crippen molar-refractivity contribution in [3.63, 3.8) is 0 Å². The second kappa shape index (κ2) is 7.63. The quantitative estimate of drug-likeness (QED) is 0.770. The van der Waals surface area contributed by atoms with Gasteiger partial charge in [-0.15, -0.1) is 0 Å². The summed E-state index contributed by atoms with van der Waals surface area (Å²) in [6, 6.07) is 9.77. The highest BCUT2D eigenvalue weighted by Crippen LogP contribution is 2.22. The number of nitrogens with one attached hydrogen (secondary N) is 2. The van der Waals surface area contributed by atoms with Crippen LogP contribution in [0.25, 0.3) is 0 Å². The number of sulfonamides is 1. The summed E-state index contributed by atoms with van der Waals surface area (Å²) in [5.74, 6) is -0.384. The SMILES string of the molecule is CC(C)(C)NS(=O)(=O)c1ccc(Br)c(C(=O)NCc2ccccn2)c1. The van der Waals surface area contributed by atoms with Crippen LogP contribution in [-0.2, 0) is 16.6 Å². The molecule has 2 aromatic rings. The number of nitrogens with zero attached hydrogens (tertiary/aromatic N) is 1. The third-order valence-electron chi connectivity index (χ3n) is 3.09. The smallest absolute Gasteiger partial charge is 0.252 e. The van der Waals surface area contributed by atoms with Crippen LogP contribution in [0, 0.1) is 0 Å². The number of benzene rings is 1. The lowest BCUT2D eigenvalue weighted by Gasteiger charge is -2.20. The molecule has 0 unspecified atom stereocenters. The number of hydrogen-bond donors (Lipinski definition) is 2. The van der Waals surface area contributed by atoms with Crippen molar-refractivity contribution < 1.29 is 13.2 Å². The van der Waals surface area contributed by atoms with E-state index in [1.54, 1.807) is 45.2 Å². The Morgan fingerprint density at radius 3 is 2.52 bits per heavy atom. The summed E-state index contributed by atoms with van der Waals surface area (Å²) < 4.78 is 28.0. The van der Waals surface area contributed by atoms with E-state index in [1.165, 1.54) is 12.1 Å². The molecule has 2 rings (SSSR count). The number of carbonyl (C=O) groups is 1. The monoisotopic (exact) mass is 425 g/mol. The third-order valence-corrected chi connectivity index (χ3v) is 5.54. The number of carbonyl (C=O) groups excluding carboxylic acids is 1. The average molecular weight is 426 g/mol. The van der Waals surface area contributed by atoms with Crippen molar-refractivity contribution in [2.24, 2.45) is 0 Å². The van der Waals surface area contributed by atoms with Crippen LogP contribution < -0.4 is 10.0 Å². The zero-order valence-electron chi connectivity index (χ0n) is 14.2. The number of aromatic nitrogens is 1. The van der Waals surface area contributed by atoms with E-state index in [1.807, 2.05) is 6.07 Å². The fraction of sp³-hybridized carbons (Fsp3) is 0.294. The summed E-state index contributed by atoms with van der Waals surface area (Å²) in [4.78, 5) is 16.6. The minimum Gasteiger partial charge on any atom is -0.346 e. The van der Waals surface area contributed by atoms with Gasteiger partial charge in [0.15, 0.2) is 0 Å². The van der Waals surface area contributed by atoms with E-state index in [0.29, 0.717) is 10.2 Å². The van der Waals surface area contributed by atoms with Gasteiger partial charge >= 0.3 is 0 Å². The van der Waals surface area contributed by atoms with Crippen molar-refractivity contribution in [1.29, 1.82) is 0 Å². The summed E-state index contributed by atoms with van der Waals surface area (Å²) in [6.07, 6.45) is 1.64. The molecule has 0 aliphatic heterocycles. The Morgan fingerprint density at radius 2 is 1.92 bits per heavy atom. The highest BCUT2D eigenvalue weighted by molar-refractivity contribution is 9.10. The average Bonchev–Trinajstić information content (AvgIpc) is 2.51. The van der Waals surface area contributed by atoms with Crippen molar-refractivity contribution in [3.05, 3.63) is 58.3 Å². The minimum atomic E-state index is -3.72. The molecule has 0 bridgehead atoms. The lowest BCUT2D eigenvalue weighted by atomic mass is 10.1. The van der Waals surface area contributed by atoms with Crippen LogP contribution in [0.2, 0.25) is 0 Å². The molecule has 2 N–H and O–H groups in total. The predicted molar refractivity (Wildman–Crippen MR) is 99.6 cm³/mol. The van der Waals surface area contributed by atoms with E-state index in [2.05, 4.69) is 31.0 Å². The van der Waals surface area contributed by atoms with Gasteiger partial charge in [0.05, 0.1) is 22.7 Å². The van der Waals surface area contributed by atoms with Crippen LogP contribution in [0.1, 0.15) is 36.8 Å². The fourth-order valence-electron chi connectivity index (χ4n) is 2.08. The van der Waals surface area contributed by atoms with E-state index >= 15 is 0 Å². The molecular formula is C17H20BrN3O3S. The number of amides is 1. The number of hydrogen-bond acceptors (Lipinski definition) is 4. The molecule has 1 aromatic carbocycles. The molecule has 0 saturated heterocycles.